The Labute approximate surface area is 224 Å². The summed E-state index contributed by atoms with van der Waals surface area (Å²) in [6.07, 6.45) is 4.82. The Morgan fingerprint density at radius 1 is 1.00 bits per heavy atom. The second kappa shape index (κ2) is 13.0. The van der Waals surface area contributed by atoms with Gasteiger partial charge in [-0.15, -0.1) is 12.1 Å². The van der Waals surface area contributed by atoms with E-state index in [0.29, 0.717) is 11.6 Å². The second-order valence-electron chi connectivity index (χ2n) is 10.0. The normalized spacial score (nSPS) is 11.8. The summed E-state index contributed by atoms with van der Waals surface area (Å²) in [7, 11) is 0. The van der Waals surface area contributed by atoms with Gasteiger partial charge >= 0.3 is 0 Å². The molecule has 3 aromatic rings. The number of rotatable bonds is 7. The van der Waals surface area contributed by atoms with Gasteiger partial charge in [-0.25, -0.2) is 4.98 Å². The van der Waals surface area contributed by atoms with Crippen molar-refractivity contribution in [1.82, 2.24) is 4.98 Å². The largest absolute Gasteiger partial charge is 0.512 e. The van der Waals surface area contributed by atoms with Crippen LogP contribution in [0.5, 0.6) is 11.6 Å². The van der Waals surface area contributed by atoms with Crippen molar-refractivity contribution < 1.29 is 34.7 Å². The predicted octanol–water partition coefficient (Wildman–Crippen LogP) is 8.31. The molecule has 1 aromatic heterocycles. The smallest absolute Gasteiger partial charge is 0.217 e. The first-order valence-corrected chi connectivity index (χ1v) is 11.9. The van der Waals surface area contributed by atoms with Crippen LogP contribution in [0.1, 0.15) is 65.5 Å². The van der Waals surface area contributed by atoms with Crippen molar-refractivity contribution in [2.75, 3.05) is 0 Å². The second-order valence-corrected chi connectivity index (χ2v) is 10.0. The van der Waals surface area contributed by atoms with E-state index >= 15 is 0 Å². The van der Waals surface area contributed by atoms with E-state index in [2.05, 4.69) is 23.2 Å². The number of hydrogen-bond acceptors (Lipinski definition) is 4. The van der Waals surface area contributed by atoms with Crippen molar-refractivity contribution in [3.63, 3.8) is 0 Å². The van der Waals surface area contributed by atoms with E-state index in [-0.39, 0.29) is 42.5 Å². The molecule has 1 radical (unpaired) electrons. The summed E-state index contributed by atoms with van der Waals surface area (Å²) in [5.41, 5.74) is 1.54. The monoisotopic (exact) mass is 653 g/mol. The van der Waals surface area contributed by atoms with Crippen molar-refractivity contribution in [3.8, 4) is 11.6 Å². The molecule has 35 heavy (non-hydrogen) atoms. The predicted molar refractivity (Wildman–Crippen MR) is 140 cm³/mol. The third-order valence-electron chi connectivity index (χ3n) is 6.34. The average molecular weight is 653 g/mol. The topological polar surface area (TPSA) is 59.4 Å². The maximum absolute atomic E-state index is 11.8. The minimum absolute atomic E-state index is 0. The molecule has 0 bridgehead atoms. The third kappa shape index (κ3) is 8.90. The van der Waals surface area contributed by atoms with Crippen LogP contribution < -0.4 is 4.74 Å². The van der Waals surface area contributed by atoms with Gasteiger partial charge in [-0.1, -0.05) is 79.7 Å². The van der Waals surface area contributed by atoms with E-state index < -0.39 is 0 Å². The van der Waals surface area contributed by atoms with Crippen LogP contribution >= 0.6 is 0 Å². The standard InChI is InChI=1S/C17H14NO.C13H24O2.Ir/c1-12-7-13(2)9-16(8-12)19-17-10-14-5-3-4-6-15(14)11-18-17;1-7-12(3,4)10(14)9-11(15)13(5,6)8-2;/h3-8,10-11H,1-2H3;9,14H,7-8H2,1-6H3;/q-1;;/b;10-9-;. The van der Waals surface area contributed by atoms with Gasteiger partial charge in [0.1, 0.15) is 5.76 Å². The van der Waals surface area contributed by atoms with Crippen LogP contribution in [0, 0.1) is 30.7 Å². The number of aryl methyl sites for hydroxylation is 2. The first-order valence-electron chi connectivity index (χ1n) is 11.9. The fourth-order valence-electron chi connectivity index (χ4n) is 3.01. The molecule has 0 atom stereocenters. The number of carbonyl (C=O) groups excluding carboxylic acids is 1. The quantitative estimate of drug-likeness (QED) is 0.159. The molecule has 4 nitrogen and oxygen atoms in total. The minimum Gasteiger partial charge on any atom is -0.512 e. The molecule has 1 N–H and O–H groups in total. The molecular weight excluding hydrogens is 615 g/mol. The van der Waals surface area contributed by atoms with Crippen LogP contribution in [0.4, 0.5) is 0 Å². The van der Waals surface area contributed by atoms with E-state index in [1.54, 1.807) is 0 Å². The number of ketones is 1. The van der Waals surface area contributed by atoms with Gasteiger partial charge in [0.15, 0.2) is 5.78 Å². The Hall–Kier alpha value is -2.49. The molecule has 5 heteroatoms. The van der Waals surface area contributed by atoms with Gasteiger partial charge in [0.05, 0.1) is 0 Å². The third-order valence-corrected chi connectivity index (χ3v) is 6.34. The Morgan fingerprint density at radius 2 is 1.60 bits per heavy atom. The summed E-state index contributed by atoms with van der Waals surface area (Å²) in [5, 5.41) is 12.1. The molecule has 0 saturated carbocycles. The van der Waals surface area contributed by atoms with Crippen LogP contribution in [-0.4, -0.2) is 15.9 Å². The summed E-state index contributed by atoms with van der Waals surface area (Å²) < 4.78 is 5.78. The molecule has 3 rings (SSSR count). The number of aromatic nitrogens is 1. The Morgan fingerprint density at radius 3 is 2.17 bits per heavy atom. The molecular formula is C30H38IrNO3-. The van der Waals surface area contributed by atoms with Crippen LogP contribution in [0.25, 0.3) is 10.8 Å². The number of ether oxygens (including phenoxy) is 1. The zero-order valence-electron chi connectivity index (χ0n) is 22.2. The van der Waals surface area contributed by atoms with Crippen molar-refractivity contribution in [3.05, 3.63) is 77.7 Å². The Balaban J connectivity index is 0.000000352. The Kier molecular flexibility index (Phi) is 11.3. The fourth-order valence-corrected chi connectivity index (χ4v) is 3.01. The average Bonchev–Trinajstić information content (AvgIpc) is 2.78. The number of carbonyl (C=O) groups is 1. The maximum Gasteiger partial charge on any atom is 0.217 e. The van der Waals surface area contributed by atoms with E-state index in [9.17, 15) is 9.90 Å². The molecule has 0 fully saturated rings. The van der Waals surface area contributed by atoms with Crippen molar-refractivity contribution in [2.24, 2.45) is 10.8 Å². The molecule has 0 aliphatic heterocycles. The number of hydrogen-bond donors (Lipinski definition) is 1. The summed E-state index contributed by atoms with van der Waals surface area (Å²) in [6.45, 7) is 15.7. The van der Waals surface area contributed by atoms with Gasteiger partial charge in [-0.2, -0.15) is 17.2 Å². The van der Waals surface area contributed by atoms with E-state index in [1.165, 1.54) is 6.08 Å². The number of aliphatic hydroxyl groups excluding tert-OH is 1. The first kappa shape index (κ1) is 30.5. The van der Waals surface area contributed by atoms with Gasteiger partial charge in [-0.05, 0) is 18.2 Å². The molecule has 0 saturated heterocycles. The number of pyridine rings is 1. The number of nitrogens with zero attached hydrogens (tertiary/aromatic N) is 1. The molecule has 0 aliphatic carbocycles. The molecule has 0 unspecified atom stereocenters. The minimum atomic E-state index is -0.377. The molecule has 0 aliphatic rings. The fraction of sp³-hybridized carbons (Fsp3) is 0.400. The zero-order chi connectivity index (χ0) is 25.5. The number of allylic oxidation sites excluding steroid dienone is 2. The van der Waals surface area contributed by atoms with Crippen LogP contribution in [0.2, 0.25) is 0 Å². The van der Waals surface area contributed by atoms with Gasteiger partial charge in [0.2, 0.25) is 5.88 Å². The van der Waals surface area contributed by atoms with E-state index in [1.807, 2.05) is 91.9 Å². The number of benzene rings is 2. The van der Waals surface area contributed by atoms with Crippen molar-refractivity contribution in [1.29, 1.82) is 0 Å². The van der Waals surface area contributed by atoms with Gasteiger partial charge < -0.3 is 9.84 Å². The molecule has 191 valence electrons. The van der Waals surface area contributed by atoms with Gasteiger partial charge in [0, 0.05) is 60.4 Å². The maximum atomic E-state index is 11.8. The van der Waals surface area contributed by atoms with Crippen LogP contribution in [-0.2, 0) is 24.9 Å². The molecule has 0 spiro atoms. The molecule has 2 aromatic carbocycles. The van der Waals surface area contributed by atoms with Gasteiger partial charge in [-0.3, -0.25) is 4.79 Å². The first-order chi connectivity index (χ1) is 15.9. The van der Waals surface area contributed by atoms with Crippen molar-refractivity contribution >= 4 is 16.6 Å². The summed E-state index contributed by atoms with van der Waals surface area (Å²) >= 11 is 0. The SMILES string of the molecule is CCC(C)(C)C(=O)/C=C(\O)C(C)(C)CC.Cc1[c-]c(Oc2cc3ccccc3cn2)cc(C)c1.[Ir]. The summed E-state index contributed by atoms with van der Waals surface area (Å²) in [6, 6.07) is 17.3. The van der Waals surface area contributed by atoms with Crippen LogP contribution in [0.15, 0.2) is 60.5 Å². The summed E-state index contributed by atoms with van der Waals surface area (Å²) in [5.74, 6) is 1.50. The number of fused-ring (bicyclic) bond motifs is 1. The van der Waals surface area contributed by atoms with Gasteiger partial charge in [0.25, 0.3) is 0 Å². The zero-order valence-corrected chi connectivity index (χ0v) is 24.5. The molecule has 0 amide bonds. The molecule has 1 heterocycles. The van der Waals surface area contributed by atoms with Crippen LogP contribution in [0.3, 0.4) is 0 Å². The number of aliphatic hydroxyl groups is 1. The van der Waals surface area contributed by atoms with Crippen molar-refractivity contribution in [2.45, 2.75) is 68.2 Å². The Bertz CT molecular complexity index is 1140. The van der Waals surface area contributed by atoms with E-state index in [0.717, 1.165) is 34.7 Å². The van der Waals surface area contributed by atoms with E-state index in [4.69, 9.17) is 4.74 Å². The summed E-state index contributed by atoms with van der Waals surface area (Å²) in [4.78, 5) is 16.2.